The van der Waals surface area contributed by atoms with Crippen LogP contribution in [-0.2, 0) is 23.8 Å². The molecule has 8 atom stereocenters. The molecule has 0 spiro atoms. The number of fused-ring (bicyclic) bond motifs is 5. The smallest absolute Gasteiger partial charge is 0.439 e. The first kappa shape index (κ1) is 27.4. The van der Waals surface area contributed by atoms with Gasteiger partial charge < -0.3 is 14.2 Å². The minimum absolute atomic E-state index is 0.0665. The third-order valence-corrected chi connectivity index (χ3v) is 10.4. The third-order valence-electron chi connectivity index (χ3n) is 10.4. The summed E-state index contributed by atoms with van der Waals surface area (Å²) in [4.78, 5) is 25.0. The van der Waals surface area contributed by atoms with Gasteiger partial charge in [0.1, 0.15) is 5.78 Å². The van der Waals surface area contributed by atoms with Gasteiger partial charge >= 0.3 is 12.1 Å². The van der Waals surface area contributed by atoms with Crippen LogP contribution in [0.2, 0.25) is 0 Å². The maximum atomic E-state index is 13.2. The molecule has 202 valence electrons. The van der Waals surface area contributed by atoms with Gasteiger partial charge in [-0.2, -0.15) is 13.2 Å². The van der Waals surface area contributed by atoms with Crippen LogP contribution < -0.4 is 0 Å². The van der Waals surface area contributed by atoms with Crippen molar-refractivity contribution in [2.24, 2.45) is 40.4 Å². The normalized spacial score (nSPS) is 42.3. The van der Waals surface area contributed by atoms with Crippen molar-refractivity contribution in [1.82, 2.24) is 0 Å². The zero-order valence-corrected chi connectivity index (χ0v) is 21.8. The number of hydrogen-bond donors (Lipinski definition) is 0. The second-order valence-corrected chi connectivity index (χ2v) is 11.8. The van der Waals surface area contributed by atoms with E-state index in [0.29, 0.717) is 44.8 Å². The number of halogens is 3. The van der Waals surface area contributed by atoms with E-state index in [4.69, 9.17) is 20.6 Å². The monoisotopic (exact) mass is 512 g/mol. The predicted octanol–water partition coefficient (Wildman–Crippen LogP) is 5.70. The zero-order chi connectivity index (χ0) is 26.5. The lowest BCUT2D eigenvalue weighted by Gasteiger charge is -2.61. The van der Waals surface area contributed by atoms with Crippen molar-refractivity contribution in [2.75, 3.05) is 13.2 Å². The number of terminal acetylenes is 1. The van der Waals surface area contributed by atoms with Crippen molar-refractivity contribution < 1.29 is 37.0 Å². The molecule has 4 rings (SSSR count). The van der Waals surface area contributed by atoms with E-state index in [-0.39, 0.29) is 41.3 Å². The summed E-state index contributed by atoms with van der Waals surface area (Å²) in [5.74, 6) is 1.12. The van der Waals surface area contributed by atoms with Gasteiger partial charge in [-0.25, -0.2) is 4.79 Å². The Morgan fingerprint density at radius 2 is 1.72 bits per heavy atom. The highest BCUT2D eigenvalue weighted by Crippen LogP contribution is 2.69. The number of esters is 1. The van der Waals surface area contributed by atoms with E-state index < -0.39 is 29.5 Å². The van der Waals surface area contributed by atoms with Crippen molar-refractivity contribution in [3.63, 3.8) is 0 Å². The van der Waals surface area contributed by atoms with Crippen LogP contribution in [0.4, 0.5) is 13.2 Å². The zero-order valence-electron chi connectivity index (χ0n) is 21.8. The van der Waals surface area contributed by atoms with Gasteiger partial charge in [-0.15, -0.1) is 6.42 Å². The molecular weight excluding hydrogens is 473 g/mol. The minimum Gasteiger partial charge on any atom is -0.439 e. The molecule has 0 aromatic carbocycles. The summed E-state index contributed by atoms with van der Waals surface area (Å²) in [7, 11) is 0. The first-order chi connectivity index (χ1) is 16.9. The second-order valence-electron chi connectivity index (χ2n) is 11.8. The van der Waals surface area contributed by atoms with Crippen molar-refractivity contribution in [3.05, 3.63) is 0 Å². The van der Waals surface area contributed by atoms with E-state index in [9.17, 15) is 22.8 Å². The van der Waals surface area contributed by atoms with Crippen molar-refractivity contribution in [2.45, 2.75) is 97.1 Å². The third kappa shape index (κ3) is 4.18. The van der Waals surface area contributed by atoms with E-state index in [1.54, 1.807) is 0 Å². The van der Waals surface area contributed by atoms with Crippen molar-refractivity contribution in [1.29, 1.82) is 0 Å². The molecule has 0 aromatic heterocycles. The molecule has 5 nitrogen and oxygen atoms in total. The number of ketones is 1. The Kier molecular flexibility index (Phi) is 7.33. The highest BCUT2D eigenvalue weighted by Gasteiger charge is 2.67. The molecule has 4 aliphatic carbocycles. The molecule has 2 unspecified atom stereocenters. The van der Waals surface area contributed by atoms with E-state index in [0.717, 1.165) is 19.3 Å². The molecule has 0 bridgehead atoms. The lowest BCUT2D eigenvalue weighted by atomic mass is 9.43. The maximum absolute atomic E-state index is 13.2. The van der Waals surface area contributed by atoms with Gasteiger partial charge in [-0.05, 0) is 87.9 Å². The SMILES string of the molecule is C#C[C@]1(OC(=O)C(F)(F)F)CC[C@H]2[C@@H]3CCC4CC(=O)C(C(OCC)OCC)C[C@]4(C)[C@H]3CC[C@@]21C. The summed E-state index contributed by atoms with van der Waals surface area (Å²) in [5, 5.41) is 0. The maximum Gasteiger partial charge on any atom is 0.490 e. The van der Waals surface area contributed by atoms with E-state index >= 15 is 0 Å². The Morgan fingerprint density at radius 1 is 1.08 bits per heavy atom. The van der Waals surface area contributed by atoms with Crippen LogP contribution in [0.3, 0.4) is 0 Å². The minimum atomic E-state index is -5.08. The molecule has 0 amide bonds. The molecule has 36 heavy (non-hydrogen) atoms. The van der Waals surface area contributed by atoms with Crippen LogP contribution in [0, 0.1) is 52.8 Å². The molecule has 0 radical (unpaired) electrons. The Morgan fingerprint density at radius 3 is 2.31 bits per heavy atom. The van der Waals surface area contributed by atoms with E-state index in [1.807, 2.05) is 20.8 Å². The second kappa shape index (κ2) is 9.62. The average molecular weight is 513 g/mol. The van der Waals surface area contributed by atoms with Gasteiger partial charge in [0, 0.05) is 25.0 Å². The van der Waals surface area contributed by atoms with Crippen molar-refractivity contribution >= 4 is 11.8 Å². The number of alkyl halides is 3. The van der Waals surface area contributed by atoms with Gasteiger partial charge in [0.15, 0.2) is 11.9 Å². The molecule has 0 aliphatic heterocycles. The van der Waals surface area contributed by atoms with E-state index in [2.05, 4.69) is 12.8 Å². The number of hydrogen-bond acceptors (Lipinski definition) is 5. The molecule has 0 aromatic rings. The van der Waals surface area contributed by atoms with Crippen LogP contribution in [-0.4, -0.2) is 43.0 Å². The molecule has 8 heteroatoms. The quantitative estimate of drug-likeness (QED) is 0.260. The molecular formula is C28H39F3O5. The summed E-state index contributed by atoms with van der Waals surface area (Å²) < 4.78 is 56.2. The molecule has 0 saturated heterocycles. The fourth-order valence-corrected chi connectivity index (χ4v) is 8.68. The van der Waals surface area contributed by atoms with Gasteiger partial charge in [-0.3, -0.25) is 4.79 Å². The van der Waals surface area contributed by atoms with Crippen LogP contribution in [0.1, 0.15) is 79.1 Å². The average Bonchev–Trinajstić information content (AvgIpc) is 3.11. The topological polar surface area (TPSA) is 61.8 Å². The summed E-state index contributed by atoms with van der Waals surface area (Å²) in [6.07, 6.45) is 5.46. The number of Topliss-reactive ketones (excluding diaryl/α,β-unsaturated/α-hetero) is 1. The van der Waals surface area contributed by atoms with Crippen molar-refractivity contribution in [3.8, 4) is 12.3 Å². The largest absolute Gasteiger partial charge is 0.490 e. The molecule has 0 N–H and O–H groups in total. The van der Waals surface area contributed by atoms with Crippen LogP contribution in [0.5, 0.6) is 0 Å². The summed E-state index contributed by atoms with van der Waals surface area (Å²) >= 11 is 0. The fraction of sp³-hybridized carbons (Fsp3) is 0.857. The Labute approximate surface area is 212 Å². The molecule has 4 aliphatic rings. The van der Waals surface area contributed by atoms with Crippen LogP contribution in [0.15, 0.2) is 0 Å². The Balaban J connectivity index is 1.61. The standard InChI is InChI=1S/C28H39F3O5/c1-6-27(36-24(33)28(29,30)31)14-12-21-18-10-9-17-15-22(32)19(23(34-7-2)35-8-3)16-25(17,4)20(18)11-13-26(21,27)5/h1,17-21,23H,7-16H2,2-5H3/t17?,18-,19?,20+,21+,25+,26+,27+/m1/s1. The summed E-state index contributed by atoms with van der Waals surface area (Å²) in [6, 6.07) is 0. The lowest BCUT2D eigenvalue weighted by Crippen LogP contribution is -2.59. The Hall–Kier alpha value is -1.59. The summed E-state index contributed by atoms with van der Waals surface area (Å²) in [6.45, 7) is 8.93. The van der Waals surface area contributed by atoms with Gasteiger partial charge in [-0.1, -0.05) is 19.8 Å². The van der Waals surface area contributed by atoms with E-state index in [1.165, 1.54) is 0 Å². The first-order valence-electron chi connectivity index (χ1n) is 13.4. The highest BCUT2D eigenvalue weighted by molar-refractivity contribution is 5.82. The van der Waals surface area contributed by atoms with Gasteiger partial charge in [0.2, 0.25) is 0 Å². The number of rotatable bonds is 6. The number of carbonyl (C=O) groups excluding carboxylic acids is 2. The van der Waals surface area contributed by atoms with Gasteiger partial charge in [0.05, 0.1) is 5.92 Å². The lowest BCUT2D eigenvalue weighted by molar-refractivity contribution is -0.223. The number of ether oxygens (including phenoxy) is 3. The van der Waals surface area contributed by atoms with Gasteiger partial charge in [0.25, 0.3) is 0 Å². The Bertz CT molecular complexity index is 906. The van der Waals surface area contributed by atoms with Crippen LogP contribution in [0.25, 0.3) is 0 Å². The summed E-state index contributed by atoms with van der Waals surface area (Å²) in [5.41, 5.74) is -2.36. The highest BCUT2D eigenvalue weighted by atomic mass is 19.4. The van der Waals surface area contributed by atoms with Crippen LogP contribution >= 0.6 is 0 Å². The molecule has 4 fully saturated rings. The fourth-order valence-electron chi connectivity index (χ4n) is 8.68. The first-order valence-corrected chi connectivity index (χ1v) is 13.4. The number of carbonyl (C=O) groups is 2. The molecule has 4 saturated carbocycles. The predicted molar refractivity (Wildman–Crippen MR) is 126 cm³/mol. The molecule has 0 heterocycles.